The number of aryl methyl sites for hydroxylation is 2. The molecule has 0 amide bonds. The summed E-state index contributed by atoms with van der Waals surface area (Å²) in [7, 11) is 0. The van der Waals surface area contributed by atoms with Crippen molar-refractivity contribution in [1.29, 1.82) is 5.26 Å². The van der Waals surface area contributed by atoms with Crippen LogP contribution in [0.25, 0.3) is 16.7 Å². The molecule has 0 spiro atoms. The molecule has 4 aromatic rings. The Bertz CT molecular complexity index is 1390. The molecule has 0 saturated heterocycles. The molecule has 0 atom stereocenters. The van der Waals surface area contributed by atoms with Gasteiger partial charge in [-0.15, -0.1) is 0 Å². The number of benzene rings is 2. The molecule has 0 bridgehead atoms. The molecule has 0 unspecified atom stereocenters. The second-order valence-electron chi connectivity index (χ2n) is 8.02. The topological polar surface area (TPSA) is 63.7 Å². The molecule has 1 aliphatic rings. The summed E-state index contributed by atoms with van der Waals surface area (Å²) in [6.07, 6.45) is 3.67. The quantitative estimate of drug-likeness (QED) is 0.419. The van der Waals surface area contributed by atoms with Crippen LogP contribution in [0.3, 0.4) is 0 Å². The lowest BCUT2D eigenvalue weighted by molar-refractivity contribution is 0.301. The van der Waals surface area contributed by atoms with Gasteiger partial charge in [0, 0.05) is 17.3 Å². The highest BCUT2D eigenvalue weighted by Gasteiger charge is 2.21. The van der Waals surface area contributed by atoms with Crippen molar-refractivity contribution in [2.75, 3.05) is 6.61 Å². The first kappa shape index (κ1) is 20.0. The lowest BCUT2D eigenvalue weighted by Crippen LogP contribution is -2.06. The van der Waals surface area contributed by atoms with Crippen molar-refractivity contribution in [1.82, 2.24) is 14.5 Å². The number of nitrogens with zero attached hydrogens (tertiary/aromatic N) is 4. The third-order valence-electron chi connectivity index (χ3n) is 6.01. The molecule has 32 heavy (non-hydrogen) atoms. The molecule has 0 N–H and O–H groups in total. The number of rotatable bonds is 4. The van der Waals surface area contributed by atoms with Gasteiger partial charge < -0.3 is 4.74 Å². The summed E-state index contributed by atoms with van der Waals surface area (Å²) in [6.45, 7) is 5.04. The van der Waals surface area contributed by atoms with Crippen LogP contribution in [0.1, 0.15) is 41.7 Å². The normalized spacial score (nSPS) is 14.3. The fourth-order valence-corrected chi connectivity index (χ4v) is 4.55. The van der Waals surface area contributed by atoms with E-state index in [0.717, 1.165) is 46.3 Å². The van der Waals surface area contributed by atoms with E-state index in [1.165, 1.54) is 16.7 Å². The summed E-state index contributed by atoms with van der Waals surface area (Å²) in [6, 6.07) is 21.8. The summed E-state index contributed by atoms with van der Waals surface area (Å²) in [4.78, 5) is 9.14. The van der Waals surface area contributed by atoms with E-state index in [9.17, 15) is 5.26 Å². The third kappa shape index (κ3) is 3.44. The maximum absolute atomic E-state index is 9.70. The Morgan fingerprint density at radius 3 is 2.72 bits per heavy atom. The van der Waals surface area contributed by atoms with Crippen molar-refractivity contribution in [3.05, 3.63) is 94.2 Å². The van der Waals surface area contributed by atoms with Gasteiger partial charge in [-0.3, -0.25) is 4.57 Å². The van der Waals surface area contributed by atoms with E-state index in [1.807, 2.05) is 30.5 Å². The average molecular weight is 421 g/mol. The van der Waals surface area contributed by atoms with Crippen LogP contribution in [-0.2, 0) is 19.4 Å². The first-order valence-corrected chi connectivity index (χ1v) is 10.9. The number of imidazole rings is 1. The van der Waals surface area contributed by atoms with Crippen molar-refractivity contribution in [2.45, 2.75) is 33.2 Å². The van der Waals surface area contributed by atoms with E-state index in [4.69, 9.17) is 4.74 Å². The lowest BCUT2D eigenvalue weighted by atomic mass is 9.90. The molecule has 5 rings (SSSR count). The first-order valence-electron chi connectivity index (χ1n) is 10.9. The molecule has 0 fully saturated rings. The molecule has 2 aromatic carbocycles. The average Bonchev–Trinajstić information content (AvgIpc) is 3.07. The van der Waals surface area contributed by atoms with Crippen molar-refractivity contribution in [3.8, 4) is 12.1 Å². The second kappa shape index (κ2) is 8.32. The van der Waals surface area contributed by atoms with Crippen LogP contribution >= 0.6 is 0 Å². The van der Waals surface area contributed by atoms with Crippen LogP contribution in [0.4, 0.5) is 0 Å². The molecule has 5 heteroatoms. The van der Waals surface area contributed by atoms with E-state index in [0.29, 0.717) is 19.2 Å². The highest BCUT2D eigenvalue weighted by atomic mass is 16.5. The van der Waals surface area contributed by atoms with Gasteiger partial charge in [0.25, 0.3) is 6.01 Å². The van der Waals surface area contributed by atoms with Crippen molar-refractivity contribution in [2.24, 2.45) is 0 Å². The molecule has 1 aliphatic carbocycles. The van der Waals surface area contributed by atoms with Gasteiger partial charge in [-0.1, -0.05) is 42.5 Å². The fourth-order valence-electron chi connectivity index (χ4n) is 4.55. The van der Waals surface area contributed by atoms with E-state index in [-0.39, 0.29) is 0 Å². The summed E-state index contributed by atoms with van der Waals surface area (Å²) < 4.78 is 7.83. The highest BCUT2D eigenvalue weighted by molar-refractivity contribution is 5.87. The van der Waals surface area contributed by atoms with Crippen LogP contribution in [0.15, 0.2) is 66.4 Å². The maximum Gasteiger partial charge on any atom is 0.298 e. The SMILES string of the molecule is CCOc1nc2cccnc2n1Cc1ccc2c(c1)CCc1ccccc1C2=C(C)C#N. The minimum absolute atomic E-state index is 0.549. The van der Waals surface area contributed by atoms with E-state index < -0.39 is 0 Å². The molecule has 2 heterocycles. The Kier molecular flexibility index (Phi) is 5.20. The van der Waals surface area contributed by atoms with Gasteiger partial charge in [-0.05, 0) is 66.6 Å². The Morgan fingerprint density at radius 1 is 1.06 bits per heavy atom. The lowest BCUT2D eigenvalue weighted by Gasteiger charge is -2.15. The smallest absolute Gasteiger partial charge is 0.298 e. The van der Waals surface area contributed by atoms with Crippen LogP contribution in [0, 0.1) is 11.3 Å². The molecular weight excluding hydrogens is 396 g/mol. The molecule has 5 nitrogen and oxygen atoms in total. The van der Waals surface area contributed by atoms with Crippen LogP contribution < -0.4 is 4.74 Å². The van der Waals surface area contributed by atoms with Gasteiger partial charge in [0.1, 0.15) is 5.52 Å². The van der Waals surface area contributed by atoms with Crippen molar-refractivity contribution >= 4 is 16.7 Å². The molecule has 0 saturated carbocycles. The second-order valence-corrected chi connectivity index (χ2v) is 8.02. The van der Waals surface area contributed by atoms with E-state index in [2.05, 4.69) is 58.5 Å². The van der Waals surface area contributed by atoms with Gasteiger partial charge in [-0.25, -0.2) is 4.98 Å². The van der Waals surface area contributed by atoms with Gasteiger partial charge >= 0.3 is 0 Å². The Morgan fingerprint density at radius 2 is 1.88 bits per heavy atom. The van der Waals surface area contributed by atoms with E-state index >= 15 is 0 Å². The predicted octanol–water partition coefficient (Wildman–Crippen LogP) is 5.32. The number of ether oxygens (including phenoxy) is 1. The van der Waals surface area contributed by atoms with Gasteiger partial charge in [0.2, 0.25) is 0 Å². The largest absolute Gasteiger partial charge is 0.465 e. The van der Waals surface area contributed by atoms with Gasteiger partial charge in [0.15, 0.2) is 5.65 Å². The van der Waals surface area contributed by atoms with Crippen molar-refractivity contribution in [3.63, 3.8) is 0 Å². The third-order valence-corrected chi connectivity index (χ3v) is 6.01. The zero-order chi connectivity index (χ0) is 22.1. The first-order chi connectivity index (χ1) is 15.7. The monoisotopic (exact) mass is 420 g/mol. The molecule has 0 radical (unpaired) electrons. The fraction of sp³-hybridized carbons (Fsp3) is 0.222. The number of hydrogen-bond donors (Lipinski definition) is 0. The zero-order valence-corrected chi connectivity index (χ0v) is 18.3. The minimum Gasteiger partial charge on any atom is -0.465 e. The summed E-state index contributed by atoms with van der Waals surface area (Å²) in [5, 5.41) is 9.70. The number of nitriles is 1. The molecular formula is C27H24N4O. The number of fused-ring (bicyclic) bond motifs is 3. The summed E-state index contributed by atoms with van der Waals surface area (Å²) in [5.41, 5.74) is 9.48. The van der Waals surface area contributed by atoms with Crippen LogP contribution in [0.2, 0.25) is 0 Å². The maximum atomic E-state index is 9.70. The number of hydrogen-bond acceptors (Lipinski definition) is 4. The Balaban J connectivity index is 1.60. The summed E-state index contributed by atoms with van der Waals surface area (Å²) >= 11 is 0. The van der Waals surface area contributed by atoms with Crippen LogP contribution in [-0.4, -0.2) is 21.1 Å². The van der Waals surface area contributed by atoms with Crippen LogP contribution in [0.5, 0.6) is 6.01 Å². The zero-order valence-electron chi connectivity index (χ0n) is 18.3. The highest BCUT2D eigenvalue weighted by Crippen LogP contribution is 2.36. The number of aromatic nitrogens is 3. The standard InChI is InChI=1S/C27H24N4O/c1-3-32-27-30-24-9-6-14-29-26(24)31(27)17-19-10-13-23-21(15-19)12-11-20-7-4-5-8-22(20)25(23)18(2)16-28/h4-10,13-15H,3,11-12,17H2,1-2H3. The Labute approximate surface area is 187 Å². The van der Waals surface area contributed by atoms with Gasteiger partial charge in [0.05, 0.1) is 19.2 Å². The van der Waals surface area contributed by atoms with Crippen molar-refractivity contribution < 1.29 is 4.74 Å². The minimum atomic E-state index is 0.549. The molecule has 158 valence electrons. The Hall–Kier alpha value is -3.91. The number of allylic oxidation sites excluding steroid dienone is 1. The van der Waals surface area contributed by atoms with E-state index in [1.54, 1.807) is 6.20 Å². The predicted molar refractivity (Wildman–Crippen MR) is 125 cm³/mol. The summed E-state index contributed by atoms with van der Waals surface area (Å²) in [5.74, 6) is 0. The van der Waals surface area contributed by atoms with Gasteiger partial charge in [-0.2, -0.15) is 10.2 Å². The number of pyridine rings is 1. The molecule has 2 aromatic heterocycles. The molecule has 0 aliphatic heterocycles.